The van der Waals surface area contributed by atoms with E-state index in [1.54, 1.807) is 0 Å². The number of hydrogen-bond donors (Lipinski definition) is 0. The predicted octanol–water partition coefficient (Wildman–Crippen LogP) is 6.52. The van der Waals surface area contributed by atoms with Crippen LogP contribution in [0.15, 0.2) is 61.7 Å². The Labute approximate surface area is 115 Å². The highest BCUT2D eigenvalue weighted by atomic mass is 13.9. The van der Waals surface area contributed by atoms with Crippen molar-refractivity contribution in [2.24, 2.45) is 0 Å². The molecule has 1 rings (SSSR count). The van der Waals surface area contributed by atoms with Crippen molar-refractivity contribution in [3.05, 3.63) is 67.3 Å². The maximum absolute atomic E-state index is 3.00. The van der Waals surface area contributed by atoms with Crippen LogP contribution < -0.4 is 0 Å². The number of rotatable bonds is 2. The number of benzene rings is 1. The summed E-state index contributed by atoms with van der Waals surface area (Å²) in [5.74, 6) is 0. The summed E-state index contributed by atoms with van der Waals surface area (Å²) in [5, 5.41) is 0. The molecule has 0 fully saturated rings. The standard InChI is InChI=1S/C12H14.2C2H6.C2H4/c1-3-4-8-11(2)12-9-6-5-7-10-12;3*1-2/h3-10H,1-2H3;2*1-2H3;1-2H2/b4-3-,11-8+;;;. The van der Waals surface area contributed by atoms with Crippen LogP contribution in [0.2, 0.25) is 0 Å². The van der Waals surface area contributed by atoms with Gasteiger partial charge in [-0.1, -0.05) is 76.3 Å². The van der Waals surface area contributed by atoms with Crippen LogP contribution in [0.1, 0.15) is 47.1 Å². The number of allylic oxidation sites excluding steroid dienone is 4. The minimum absolute atomic E-state index is 1.29. The highest BCUT2D eigenvalue weighted by molar-refractivity contribution is 5.64. The van der Waals surface area contributed by atoms with E-state index >= 15 is 0 Å². The highest BCUT2D eigenvalue weighted by Gasteiger charge is 1.89. The maximum Gasteiger partial charge on any atom is -0.0227 e. The lowest BCUT2D eigenvalue weighted by molar-refractivity contribution is 1.50. The van der Waals surface area contributed by atoms with Gasteiger partial charge in [-0.3, -0.25) is 0 Å². The van der Waals surface area contributed by atoms with Gasteiger partial charge in [0.15, 0.2) is 0 Å². The second-order valence-corrected chi connectivity index (χ2v) is 2.74. The third kappa shape index (κ3) is 12.5. The van der Waals surface area contributed by atoms with E-state index in [0.29, 0.717) is 0 Å². The van der Waals surface area contributed by atoms with Crippen LogP contribution in [0.4, 0.5) is 0 Å². The number of hydrogen-bond acceptors (Lipinski definition) is 0. The molecule has 0 aliphatic rings. The summed E-state index contributed by atoms with van der Waals surface area (Å²) in [4.78, 5) is 0. The van der Waals surface area contributed by atoms with Gasteiger partial charge in [-0.05, 0) is 25.0 Å². The van der Waals surface area contributed by atoms with Gasteiger partial charge in [0.2, 0.25) is 0 Å². The van der Waals surface area contributed by atoms with Crippen molar-refractivity contribution >= 4 is 5.57 Å². The largest absolute Gasteiger partial charge is 0.106 e. The molecule has 0 radical (unpaired) electrons. The minimum atomic E-state index is 1.29. The molecule has 102 valence electrons. The lowest BCUT2D eigenvalue weighted by Gasteiger charge is -1.97. The molecule has 0 saturated heterocycles. The van der Waals surface area contributed by atoms with Crippen LogP contribution in [0, 0.1) is 0 Å². The third-order valence-electron chi connectivity index (χ3n) is 1.77. The Morgan fingerprint density at radius 1 is 0.944 bits per heavy atom. The molecule has 0 N–H and O–H groups in total. The minimum Gasteiger partial charge on any atom is -0.106 e. The SMILES string of the molecule is C/C=C\C=C(/C)c1ccccc1.C=C.CC.CC. The lowest BCUT2D eigenvalue weighted by Crippen LogP contribution is -1.75. The molecule has 0 heteroatoms. The molecule has 0 spiro atoms. The van der Waals surface area contributed by atoms with E-state index < -0.39 is 0 Å². The van der Waals surface area contributed by atoms with Gasteiger partial charge in [0.05, 0.1) is 0 Å². The molecular formula is C18H30. The van der Waals surface area contributed by atoms with E-state index in [2.05, 4.69) is 56.5 Å². The van der Waals surface area contributed by atoms with Gasteiger partial charge in [-0.15, -0.1) is 13.2 Å². The summed E-state index contributed by atoms with van der Waals surface area (Å²) < 4.78 is 0. The third-order valence-corrected chi connectivity index (χ3v) is 1.77. The first-order valence-electron chi connectivity index (χ1n) is 6.69. The molecule has 0 aliphatic carbocycles. The predicted molar refractivity (Wildman–Crippen MR) is 88.9 cm³/mol. The first kappa shape index (κ1) is 21.7. The molecule has 0 nitrogen and oxygen atoms in total. The summed E-state index contributed by atoms with van der Waals surface area (Å²) in [5.41, 5.74) is 2.59. The van der Waals surface area contributed by atoms with Crippen LogP contribution >= 0.6 is 0 Å². The van der Waals surface area contributed by atoms with Crippen molar-refractivity contribution in [1.82, 2.24) is 0 Å². The van der Waals surface area contributed by atoms with Gasteiger partial charge >= 0.3 is 0 Å². The molecule has 18 heavy (non-hydrogen) atoms. The Bertz CT molecular complexity index is 291. The summed E-state index contributed by atoms with van der Waals surface area (Å²) in [6, 6.07) is 10.4. The molecule has 1 aromatic rings. The normalized spacial score (nSPS) is 9.11. The van der Waals surface area contributed by atoms with E-state index in [1.165, 1.54) is 11.1 Å². The van der Waals surface area contributed by atoms with Gasteiger partial charge in [0, 0.05) is 0 Å². The quantitative estimate of drug-likeness (QED) is 0.411. The van der Waals surface area contributed by atoms with Crippen LogP contribution in [0.5, 0.6) is 0 Å². The van der Waals surface area contributed by atoms with Crippen molar-refractivity contribution in [3.8, 4) is 0 Å². The molecular weight excluding hydrogens is 216 g/mol. The maximum atomic E-state index is 3.00. The fraction of sp³-hybridized carbons (Fsp3) is 0.333. The molecule has 0 unspecified atom stereocenters. The van der Waals surface area contributed by atoms with Gasteiger partial charge in [-0.2, -0.15) is 0 Å². The monoisotopic (exact) mass is 246 g/mol. The molecule has 0 aliphatic heterocycles. The highest BCUT2D eigenvalue weighted by Crippen LogP contribution is 2.12. The zero-order chi connectivity index (χ0) is 14.8. The fourth-order valence-electron chi connectivity index (χ4n) is 1.04. The van der Waals surface area contributed by atoms with Crippen molar-refractivity contribution in [3.63, 3.8) is 0 Å². The van der Waals surface area contributed by atoms with Gasteiger partial charge in [0.1, 0.15) is 0 Å². The van der Waals surface area contributed by atoms with E-state index in [9.17, 15) is 0 Å². The average Bonchev–Trinajstić information content (AvgIpc) is 2.51. The summed E-state index contributed by atoms with van der Waals surface area (Å²) in [7, 11) is 0. The zero-order valence-corrected chi connectivity index (χ0v) is 13.0. The first-order valence-corrected chi connectivity index (χ1v) is 6.69. The van der Waals surface area contributed by atoms with Crippen molar-refractivity contribution in [1.29, 1.82) is 0 Å². The zero-order valence-electron chi connectivity index (χ0n) is 13.0. The molecule has 0 atom stereocenters. The van der Waals surface area contributed by atoms with Gasteiger partial charge in [-0.25, -0.2) is 0 Å². The van der Waals surface area contributed by atoms with Crippen LogP contribution in [-0.2, 0) is 0 Å². The van der Waals surface area contributed by atoms with E-state index in [1.807, 2.05) is 46.8 Å². The van der Waals surface area contributed by atoms with Crippen molar-refractivity contribution < 1.29 is 0 Å². The Kier molecular flexibility index (Phi) is 25.1. The summed E-state index contributed by atoms with van der Waals surface area (Å²) >= 11 is 0. The summed E-state index contributed by atoms with van der Waals surface area (Å²) in [6.45, 7) is 18.1. The van der Waals surface area contributed by atoms with Gasteiger partial charge in [0.25, 0.3) is 0 Å². The Balaban J connectivity index is -0.000000328. The molecule has 0 amide bonds. The van der Waals surface area contributed by atoms with Crippen LogP contribution in [-0.4, -0.2) is 0 Å². The summed E-state index contributed by atoms with van der Waals surface area (Å²) in [6.07, 6.45) is 6.21. The van der Waals surface area contributed by atoms with Crippen LogP contribution in [0.3, 0.4) is 0 Å². The topological polar surface area (TPSA) is 0 Å². The van der Waals surface area contributed by atoms with E-state index in [-0.39, 0.29) is 0 Å². The second kappa shape index (κ2) is 20.8. The molecule has 0 aromatic heterocycles. The van der Waals surface area contributed by atoms with E-state index in [4.69, 9.17) is 0 Å². The Hall–Kier alpha value is -1.56. The van der Waals surface area contributed by atoms with Crippen molar-refractivity contribution in [2.45, 2.75) is 41.5 Å². The first-order chi connectivity index (χ1) is 8.84. The van der Waals surface area contributed by atoms with Crippen LogP contribution in [0.25, 0.3) is 5.57 Å². The lowest BCUT2D eigenvalue weighted by atomic mass is 10.1. The average molecular weight is 246 g/mol. The second-order valence-electron chi connectivity index (χ2n) is 2.74. The molecule has 1 aromatic carbocycles. The molecule has 0 bridgehead atoms. The fourth-order valence-corrected chi connectivity index (χ4v) is 1.04. The smallest absolute Gasteiger partial charge is 0.0227 e. The van der Waals surface area contributed by atoms with E-state index in [0.717, 1.165) is 0 Å². The van der Waals surface area contributed by atoms with Crippen molar-refractivity contribution in [2.75, 3.05) is 0 Å². The Morgan fingerprint density at radius 3 is 1.78 bits per heavy atom. The molecule has 0 saturated carbocycles. The van der Waals surface area contributed by atoms with Gasteiger partial charge < -0.3 is 0 Å². The Morgan fingerprint density at radius 2 is 1.39 bits per heavy atom. The molecule has 0 heterocycles.